The Balaban J connectivity index is 2.40. The van der Waals surface area contributed by atoms with Crippen LogP contribution in [0.5, 0.6) is 0 Å². The Morgan fingerprint density at radius 3 is 2.40 bits per heavy atom. The number of nitrogens with zero attached hydrogens (tertiary/aromatic N) is 3. The van der Waals surface area contributed by atoms with Gasteiger partial charge in [-0.3, -0.25) is 9.78 Å². The predicted molar refractivity (Wildman–Crippen MR) is 75.4 cm³/mol. The van der Waals surface area contributed by atoms with Gasteiger partial charge in [-0.1, -0.05) is 0 Å². The van der Waals surface area contributed by atoms with Gasteiger partial charge in [-0.2, -0.15) is 0 Å². The van der Waals surface area contributed by atoms with Crippen molar-refractivity contribution in [1.29, 1.82) is 0 Å². The van der Waals surface area contributed by atoms with Crippen molar-refractivity contribution < 1.29 is 9.90 Å². The van der Waals surface area contributed by atoms with Crippen molar-refractivity contribution in [2.24, 2.45) is 0 Å². The van der Waals surface area contributed by atoms with Crippen molar-refractivity contribution >= 4 is 5.97 Å². The zero-order chi connectivity index (χ0) is 14.7. The minimum Gasteiger partial charge on any atom is -0.481 e. The van der Waals surface area contributed by atoms with Crippen LogP contribution in [0.1, 0.15) is 28.9 Å². The van der Waals surface area contributed by atoms with E-state index < -0.39 is 5.97 Å². The Morgan fingerprint density at radius 1 is 1.20 bits per heavy atom. The predicted octanol–water partition coefficient (Wildman–Crippen LogP) is 2.48. The number of hydrogen-bond acceptors (Lipinski definition) is 4. The maximum absolute atomic E-state index is 10.7. The summed E-state index contributed by atoms with van der Waals surface area (Å²) in [5, 5.41) is 8.78. The molecule has 20 heavy (non-hydrogen) atoms. The number of aliphatic carboxylic acids is 1. The molecular weight excluding hydrogens is 254 g/mol. The topological polar surface area (TPSA) is 76.0 Å². The monoisotopic (exact) mass is 271 g/mol. The number of carboxylic acids is 1. The first kappa shape index (κ1) is 14.1. The first-order valence-corrected chi connectivity index (χ1v) is 6.46. The number of aryl methyl sites for hydroxylation is 3. The summed E-state index contributed by atoms with van der Waals surface area (Å²) in [6.07, 6.45) is 4.04. The molecule has 0 radical (unpaired) electrons. The molecule has 1 N–H and O–H groups in total. The Hall–Kier alpha value is -2.30. The molecule has 0 aliphatic heterocycles. The summed E-state index contributed by atoms with van der Waals surface area (Å²) in [5.74, 6) is -0.166. The summed E-state index contributed by atoms with van der Waals surface area (Å²) in [7, 11) is 0. The molecule has 0 spiro atoms. The van der Waals surface area contributed by atoms with Crippen molar-refractivity contribution in [1.82, 2.24) is 15.0 Å². The first-order valence-electron chi connectivity index (χ1n) is 6.46. The highest BCUT2D eigenvalue weighted by Crippen LogP contribution is 2.21. The second kappa shape index (κ2) is 5.77. The van der Waals surface area contributed by atoms with E-state index in [0.717, 1.165) is 28.1 Å². The molecule has 104 valence electrons. The van der Waals surface area contributed by atoms with Gasteiger partial charge >= 0.3 is 5.97 Å². The molecule has 0 amide bonds. The standard InChI is InChI=1S/C15H17N3O2/c1-9-6-7-16-8-13(9)15-17-10(2)12(11(3)18-15)4-5-14(19)20/h6-8H,4-5H2,1-3H3,(H,19,20). The number of carbonyl (C=O) groups is 1. The van der Waals surface area contributed by atoms with Gasteiger partial charge in [0.05, 0.1) is 0 Å². The van der Waals surface area contributed by atoms with Crippen LogP contribution in [-0.2, 0) is 11.2 Å². The van der Waals surface area contributed by atoms with Crippen LogP contribution in [0.3, 0.4) is 0 Å². The lowest BCUT2D eigenvalue weighted by Crippen LogP contribution is -2.06. The molecule has 0 fully saturated rings. The Morgan fingerprint density at radius 2 is 1.85 bits per heavy atom. The molecule has 0 saturated carbocycles. The maximum Gasteiger partial charge on any atom is 0.303 e. The molecule has 0 unspecified atom stereocenters. The van der Waals surface area contributed by atoms with Gasteiger partial charge in [-0.05, 0) is 44.4 Å². The van der Waals surface area contributed by atoms with Crippen LogP contribution in [0.4, 0.5) is 0 Å². The second-order valence-corrected chi connectivity index (χ2v) is 4.78. The Kier molecular flexibility index (Phi) is 4.08. The number of aromatic nitrogens is 3. The van der Waals surface area contributed by atoms with E-state index in [1.807, 2.05) is 26.8 Å². The van der Waals surface area contributed by atoms with Gasteiger partial charge in [0.15, 0.2) is 5.82 Å². The van der Waals surface area contributed by atoms with Crippen LogP contribution >= 0.6 is 0 Å². The first-order chi connectivity index (χ1) is 9.49. The van der Waals surface area contributed by atoms with Gasteiger partial charge in [0.2, 0.25) is 0 Å². The lowest BCUT2D eigenvalue weighted by molar-refractivity contribution is -0.136. The van der Waals surface area contributed by atoms with Crippen molar-refractivity contribution in [2.75, 3.05) is 0 Å². The van der Waals surface area contributed by atoms with Gasteiger partial charge in [0.25, 0.3) is 0 Å². The summed E-state index contributed by atoms with van der Waals surface area (Å²) in [4.78, 5) is 23.8. The average Bonchev–Trinajstić information content (AvgIpc) is 2.37. The van der Waals surface area contributed by atoms with Crippen LogP contribution in [0.2, 0.25) is 0 Å². The van der Waals surface area contributed by atoms with E-state index in [2.05, 4.69) is 15.0 Å². The fourth-order valence-electron chi connectivity index (χ4n) is 2.15. The number of carboxylic acid groups (broad SMARTS) is 1. The summed E-state index contributed by atoms with van der Waals surface area (Å²) in [6.45, 7) is 5.77. The van der Waals surface area contributed by atoms with Gasteiger partial charge in [-0.25, -0.2) is 9.97 Å². The van der Waals surface area contributed by atoms with Gasteiger partial charge in [0, 0.05) is 35.8 Å². The van der Waals surface area contributed by atoms with Crippen molar-refractivity contribution in [3.8, 4) is 11.4 Å². The van der Waals surface area contributed by atoms with Crippen LogP contribution in [-0.4, -0.2) is 26.0 Å². The van der Waals surface area contributed by atoms with Gasteiger partial charge < -0.3 is 5.11 Å². The van der Waals surface area contributed by atoms with Crippen LogP contribution in [0.15, 0.2) is 18.5 Å². The van der Waals surface area contributed by atoms with Gasteiger partial charge in [-0.15, -0.1) is 0 Å². The second-order valence-electron chi connectivity index (χ2n) is 4.78. The molecule has 0 bridgehead atoms. The molecule has 2 aromatic heterocycles. The van der Waals surface area contributed by atoms with Gasteiger partial charge in [0.1, 0.15) is 0 Å². The van der Waals surface area contributed by atoms with Crippen LogP contribution in [0, 0.1) is 20.8 Å². The molecule has 2 heterocycles. The molecule has 0 aromatic carbocycles. The third-order valence-electron chi connectivity index (χ3n) is 3.29. The maximum atomic E-state index is 10.7. The minimum absolute atomic E-state index is 0.0936. The van der Waals surface area contributed by atoms with E-state index >= 15 is 0 Å². The fraction of sp³-hybridized carbons (Fsp3) is 0.333. The smallest absolute Gasteiger partial charge is 0.303 e. The lowest BCUT2D eigenvalue weighted by Gasteiger charge is -2.11. The quantitative estimate of drug-likeness (QED) is 0.924. The fourth-order valence-corrected chi connectivity index (χ4v) is 2.15. The Labute approximate surface area is 117 Å². The van der Waals surface area contributed by atoms with Crippen molar-refractivity contribution in [2.45, 2.75) is 33.6 Å². The third kappa shape index (κ3) is 2.99. The summed E-state index contributed by atoms with van der Waals surface area (Å²) >= 11 is 0. The zero-order valence-electron chi connectivity index (χ0n) is 11.8. The van der Waals surface area contributed by atoms with E-state index in [4.69, 9.17) is 5.11 Å². The highest BCUT2D eigenvalue weighted by atomic mass is 16.4. The summed E-state index contributed by atoms with van der Waals surface area (Å²) in [6, 6.07) is 1.92. The Bertz CT molecular complexity index is 630. The molecule has 0 aliphatic rings. The molecule has 0 saturated heterocycles. The number of pyridine rings is 1. The molecule has 5 nitrogen and oxygen atoms in total. The van der Waals surface area contributed by atoms with E-state index in [9.17, 15) is 4.79 Å². The normalized spacial score (nSPS) is 10.6. The van der Waals surface area contributed by atoms with E-state index in [1.165, 1.54) is 0 Å². The molecule has 2 rings (SSSR count). The van der Waals surface area contributed by atoms with Crippen molar-refractivity contribution in [3.63, 3.8) is 0 Å². The highest BCUT2D eigenvalue weighted by Gasteiger charge is 2.12. The SMILES string of the molecule is Cc1ccncc1-c1nc(C)c(CCC(=O)O)c(C)n1. The lowest BCUT2D eigenvalue weighted by atomic mass is 10.1. The van der Waals surface area contributed by atoms with Crippen LogP contribution < -0.4 is 0 Å². The number of hydrogen-bond donors (Lipinski definition) is 1. The molecule has 0 aliphatic carbocycles. The zero-order valence-corrected chi connectivity index (χ0v) is 11.8. The van der Waals surface area contributed by atoms with E-state index in [-0.39, 0.29) is 6.42 Å². The number of rotatable bonds is 4. The molecular formula is C15H17N3O2. The summed E-state index contributed by atoms with van der Waals surface area (Å²) in [5.41, 5.74) is 4.55. The molecule has 0 atom stereocenters. The van der Waals surface area contributed by atoms with Crippen molar-refractivity contribution in [3.05, 3.63) is 41.0 Å². The third-order valence-corrected chi connectivity index (χ3v) is 3.29. The largest absolute Gasteiger partial charge is 0.481 e. The van der Waals surface area contributed by atoms with E-state index in [1.54, 1.807) is 12.4 Å². The molecule has 2 aromatic rings. The molecule has 5 heteroatoms. The van der Waals surface area contributed by atoms with Crippen LogP contribution in [0.25, 0.3) is 11.4 Å². The minimum atomic E-state index is -0.809. The average molecular weight is 271 g/mol. The van der Waals surface area contributed by atoms with E-state index in [0.29, 0.717) is 12.2 Å². The summed E-state index contributed by atoms with van der Waals surface area (Å²) < 4.78 is 0. The highest BCUT2D eigenvalue weighted by molar-refractivity contribution is 5.67.